The summed E-state index contributed by atoms with van der Waals surface area (Å²) in [6.07, 6.45) is 0.852. The van der Waals surface area contributed by atoms with Crippen molar-refractivity contribution in [3.8, 4) is 0 Å². The summed E-state index contributed by atoms with van der Waals surface area (Å²) in [6.45, 7) is 12.7. The van der Waals surface area contributed by atoms with Crippen LogP contribution in [-0.2, 0) is 6.42 Å². The number of hydrogen-bond donors (Lipinski definition) is 1. The van der Waals surface area contributed by atoms with Gasteiger partial charge in [0, 0.05) is 25.6 Å². The molecule has 1 heterocycles. The Labute approximate surface area is 121 Å². The van der Waals surface area contributed by atoms with Crippen molar-refractivity contribution in [1.29, 1.82) is 0 Å². The summed E-state index contributed by atoms with van der Waals surface area (Å²) in [4.78, 5) is 11.1. The highest BCUT2D eigenvalue weighted by atomic mass is 35.5. The maximum absolute atomic E-state index is 6.03. The molecule has 0 atom stereocenters. The predicted molar refractivity (Wildman–Crippen MR) is 81.9 cm³/mol. The highest BCUT2D eigenvalue weighted by Gasteiger charge is 2.06. The Bertz CT molecular complexity index is 378. The monoisotopic (exact) mass is 284 g/mol. The first kappa shape index (κ1) is 16.2. The quantitative estimate of drug-likeness (QED) is 0.745. The summed E-state index contributed by atoms with van der Waals surface area (Å²) >= 11 is 6.03. The molecule has 0 aliphatic heterocycles. The molecular weight excluding hydrogens is 260 g/mol. The zero-order valence-electron chi connectivity index (χ0n) is 12.4. The lowest BCUT2D eigenvalue weighted by molar-refractivity contribution is 0.316. The number of rotatable bonds is 8. The van der Waals surface area contributed by atoms with Crippen LogP contribution < -0.4 is 5.32 Å². The lowest BCUT2D eigenvalue weighted by Crippen LogP contribution is -2.28. The number of nitrogens with zero attached hydrogens (tertiary/aromatic N) is 3. The van der Waals surface area contributed by atoms with Crippen molar-refractivity contribution >= 4 is 17.4 Å². The summed E-state index contributed by atoms with van der Waals surface area (Å²) in [6, 6.07) is 1.79. The van der Waals surface area contributed by atoms with Gasteiger partial charge >= 0.3 is 0 Å². The number of anilines is 1. The summed E-state index contributed by atoms with van der Waals surface area (Å²) in [7, 11) is 0. The van der Waals surface area contributed by atoms with Crippen LogP contribution in [0.25, 0.3) is 0 Å². The first-order valence-electron chi connectivity index (χ1n) is 7.04. The van der Waals surface area contributed by atoms with Crippen LogP contribution in [0.2, 0.25) is 5.15 Å². The minimum absolute atomic E-state index is 0.510. The Morgan fingerprint density at radius 2 is 1.95 bits per heavy atom. The molecule has 0 unspecified atom stereocenters. The first-order chi connectivity index (χ1) is 9.05. The topological polar surface area (TPSA) is 41.0 Å². The third-order valence-electron chi connectivity index (χ3n) is 2.96. The number of hydrogen-bond acceptors (Lipinski definition) is 4. The Kier molecular flexibility index (Phi) is 7.10. The van der Waals surface area contributed by atoms with Crippen molar-refractivity contribution < 1.29 is 0 Å². The summed E-state index contributed by atoms with van der Waals surface area (Å²) in [5.41, 5.74) is 0. The second kappa shape index (κ2) is 8.33. The Balaban J connectivity index is 2.55. The van der Waals surface area contributed by atoms with Gasteiger partial charge in [-0.2, -0.15) is 0 Å². The average molecular weight is 285 g/mol. The van der Waals surface area contributed by atoms with Crippen LogP contribution in [-0.4, -0.2) is 41.0 Å². The fourth-order valence-corrected chi connectivity index (χ4v) is 2.09. The van der Waals surface area contributed by atoms with E-state index in [4.69, 9.17) is 11.6 Å². The molecule has 1 rings (SSSR count). The Morgan fingerprint density at radius 3 is 2.53 bits per heavy atom. The first-order valence-corrected chi connectivity index (χ1v) is 7.42. The van der Waals surface area contributed by atoms with Crippen molar-refractivity contribution in [3.05, 3.63) is 17.0 Å². The standard InChI is InChI=1S/C14H25ClN4/c1-5-19(6-2)8-7-16-13-10-12(15)17-14(18-13)9-11(3)4/h10-11H,5-9H2,1-4H3,(H,16,17,18). The number of nitrogens with one attached hydrogen (secondary N) is 1. The van der Waals surface area contributed by atoms with E-state index in [1.807, 2.05) is 0 Å². The van der Waals surface area contributed by atoms with Crippen molar-refractivity contribution in [1.82, 2.24) is 14.9 Å². The van der Waals surface area contributed by atoms with E-state index in [0.29, 0.717) is 11.1 Å². The van der Waals surface area contributed by atoms with Crippen LogP contribution in [0.4, 0.5) is 5.82 Å². The van der Waals surface area contributed by atoms with Crippen LogP contribution in [0.15, 0.2) is 6.07 Å². The Hall–Kier alpha value is -0.870. The molecule has 0 amide bonds. The van der Waals surface area contributed by atoms with Gasteiger partial charge in [-0.1, -0.05) is 39.3 Å². The van der Waals surface area contributed by atoms with E-state index in [0.717, 1.165) is 44.2 Å². The fraction of sp³-hybridized carbons (Fsp3) is 0.714. The van der Waals surface area contributed by atoms with Crippen LogP contribution >= 0.6 is 11.6 Å². The molecule has 4 nitrogen and oxygen atoms in total. The van der Waals surface area contributed by atoms with Gasteiger partial charge in [0.1, 0.15) is 16.8 Å². The number of aromatic nitrogens is 2. The molecule has 0 aliphatic carbocycles. The second-order valence-electron chi connectivity index (χ2n) is 5.04. The molecular formula is C14H25ClN4. The molecule has 0 aliphatic rings. The normalized spacial score (nSPS) is 11.3. The van der Waals surface area contributed by atoms with Gasteiger partial charge in [-0.25, -0.2) is 9.97 Å². The summed E-state index contributed by atoms with van der Waals surface area (Å²) in [5, 5.41) is 3.83. The molecule has 0 saturated heterocycles. The smallest absolute Gasteiger partial charge is 0.134 e. The van der Waals surface area contributed by atoms with Gasteiger partial charge in [-0.05, 0) is 19.0 Å². The molecule has 0 spiro atoms. The molecule has 0 fully saturated rings. The van der Waals surface area contributed by atoms with E-state index >= 15 is 0 Å². The van der Waals surface area contributed by atoms with Gasteiger partial charge in [0.25, 0.3) is 0 Å². The zero-order valence-corrected chi connectivity index (χ0v) is 13.2. The van der Waals surface area contributed by atoms with E-state index in [-0.39, 0.29) is 0 Å². The maximum Gasteiger partial charge on any atom is 0.134 e. The zero-order chi connectivity index (χ0) is 14.3. The van der Waals surface area contributed by atoms with Gasteiger partial charge in [-0.3, -0.25) is 0 Å². The molecule has 1 N–H and O–H groups in total. The molecule has 1 aromatic heterocycles. The minimum atomic E-state index is 0.510. The summed E-state index contributed by atoms with van der Waals surface area (Å²) < 4.78 is 0. The molecule has 0 radical (unpaired) electrons. The van der Waals surface area contributed by atoms with Gasteiger partial charge in [0.15, 0.2) is 0 Å². The van der Waals surface area contributed by atoms with E-state index in [2.05, 4.69) is 47.9 Å². The van der Waals surface area contributed by atoms with Crippen molar-refractivity contribution in [2.45, 2.75) is 34.1 Å². The van der Waals surface area contributed by atoms with Crippen LogP contribution in [0.1, 0.15) is 33.5 Å². The van der Waals surface area contributed by atoms with Crippen LogP contribution in [0.3, 0.4) is 0 Å². The van der Waals surface area contributed by atoms with Gasteiger partial charge in [0.2, 0.25) is 0 Å². The lowest BCUT2D eigenvalue weighted by atomic mass is 10.1. The van der Waals surface area contributed by atoms with Gasteiger partial charge in [-0.15, -0.1) is 0 Å². The highest BCUT2D eigenvalue weighted by Crippen LogP contribution is 2.13. The Morgan fingerprint density at radius 1 is 1.26 bits per heavy atom. The molecule has 0 saturated carbocycles. The molecule has 1 aromatic rings. The van der Waals surface area contributed by atoms with E-state index < -0.39 is 0 Å². The molecule has 19 heavy (non-hydrogen) atoms. The van der Waals surface area contributed by atoms with Gasteiger partial charge < -0.3 is 10.2 Å². The SMILES string of the molecule is CCN(CC)CCNc1cc(Cl)nc(CC(C)C)n1. The van der Waals surface area contributed by atoms with Gasteiger partial charge in [0.05, 0.1) is 0 Å². The number of likely N-dealkylation sites (N-methyl/N-ethyl adjacent to an activating group) is 1. The van der Waals surface area contributed by atoms with E-state index in [9.17, 15) is 0 Å². The fourth-order valence-electron chi connectivity index (χ4n) is 1.89. The lowest BCUT2D eigenvalue weighted by Gasteiger charge is -2.18. The second-order valence-corrected chi connectivity index (χ2v) is 5.43. The summed E-state index contributed by atoms with van der Waals surface area (Å²) in [5.74, 6) is 2.16. The number of halogens is 1. The minimum Gasteiger partial charge on any atom is -0.369 e. The third-order valence-corrected chi connectivity index (χ3v) is 3.15. The van der Waals surface area contributed by atoms with E-state index in [1.54, 1.807) is 6.07 Å². The molecule has 0 bridgehead atoms. The third kappa shape index (κ3) is 6.21. The van der Waals surface area contributed by atoms with Crippen LogP contribution in [0.5, 0.6) is 0 Å². The van der Waals surface area contributed by atoms with E-state index in [1.165, 1.54) is 0 Å². The molecule has 5 heteroatoms. The van der Waals surface area contributed by atoms with Crippen molar-refractivity contribution in [2.24, 2.45) is 5.92 Å². The highest BCUT2D eigenvalue weighted by molar-refractivity contribution is 6.29. The predicted octanol–water partition coefficient (Wildman–Crippen LogP) is 3.08. The average Bonchev–Trinajstić information content (AvgIpc) is 2.33. The van der Waals surface area contributed by atoms with Crippen molar-refractivity contribution in [3.63, 3.8) is 0 Å². The molecule has 0 aromatic carbocycles. The van der Waals surface area contributed by atoms with Crippen molar-refractivity contribution in [2.75, 3.05) is 31.5 Å². The maximum atomic E-state index is 6.03. The molecule has 108 valence electrons. The van der Waals surface area contributed by atoms with Crippen LogP contribution in [0, 0.1) is 5.92 Å². The largest absolute Gasteiger partial charge is 0.369 e.